The SMILES string of the molecule is Cc1cc(F)ccc1Nc1cc(C(=O)O)ccn1. The molecule has 0 amide bonds. The van der Waals surface area contributed by atoms with Crippen LogP contribution in [0.15, 0.2) is 36.5 Å². The van der Waals surface area contributed by atoms with E-state index < -0.39 is 5.97 Å². The molecule has 1 aromatic carbocycles. The van der Waals surface area contributed by atoms with E-state index in [1.165, 1.54) is 30.5 Å². The molecular formula is C13H11FN2O2. The number of halogens is 1. The Hall–Kier alpha value is -2.43. The van der Waals surface area contributed by atoms with Crippen molar-refractivity contribution in [3.63, 3.8) is 0 Å². The molecule has 0 aliphatic heterocycles. The molecule has 0 bridgehead atoms. The summed E-state index contributed by atoms with van der Waals surface area (Å²) in [5.74, 6) is -0.925. The van der Waals surface area contributed by atoms with Gasteiger partial charge in [-0.15, -0.1) is 0 Å². The highest BCUT2D eigenvalue weighted by Crippen LogP contribution is 2.20. The van der Waals surface area contributed by atoms with Crippen LogP contribution >= 0.6 is 0 Å². The average Bonchev–Trinajstić information content (AvgIpc) is 2.33. The number of nitrogens with one attached hydrogen (secondary N) is 1. The molecule has 18 heavy (non-hydrogen) atoms. The summed E-state index contributed by atoms with van der Waals surface area (Å²) in [6.07, 6.45) is 1.41. The maximum Gasteiger partial charge on any atom is 0.335 e. The molecule has 2 N–H and O–H groups in total. The van der Waals surface area contributed by atoms with E-state index in [1.807, 2.05) is 0 Å². The van der Waals surface area contributed by atoms with Gasteiger partial charge in [0.05, 0.1) is 5.56 Å². The number of aromatic nitrogens is 1. The number of nitrogens with zero attached hydrogens (tertiary/aromatic N) is 1. The largest absolute Gasteiger partial charge is 0.478 e. The molecule has 0 saturated carbocycles. The van der Waals surface area contributed by atoms with Crippen molar-refractivity contribution in [2.24, 2.45) is 0 Å². The Morgan fingerprint density at radius 2 is 2.11 bits per heavy atom. The molecule has 0 saturated heterocycles. The minimum Gasteiger partial charge on any atom is -0.478 e. The molecule has 5 heteroatoms. The Bertz CT molecular complexity index is 599. The summed E-state index contributed by atoms with van der Waals surface area (Å²) in [6.45, 7) is 1.76. The van der Waals surface area contributed by atoms with Gasteiger partial charge in [0, 0.05) is 11.9 Å². The predicted octanol–water partition coefficient (Wildman–Crippen LogP) is 2.97. The standard InChI is InChI=1S/C13H11FN2O2/c1-8-6-10(14)2-3-11(8)16-12-7-9(13(17)18)4-5-15-12/h2-7H,1H3,(H,15,16)(H,17,18). The van der Waals surface area contributed by atoms with Crippen LogP contribution in [0, 0.1) is 12.7 Å². The van der Waals surface area contributed by atoms with Gasteiger partial charge in [0.2, 0.25) is 0 Å². The Balaban J connectivity index is 2.28. The quantitative estimate of drug-likeness (QED) is 0.874. The first-order valence-corrected chi connectivity index (χ1v) is 5.29. The van der Waals surface area contributed by atoms with Gasteiger partial charge in [-0.3, -0.25) is 0 Å². The van der Waals surface area contributed by atoms with Gasteiger partial charge < -0.3 is 10.4 Å². The third kappa shape index (κ3) is 2.63. The molecule has 0 radical (unpaired) electrons. The average molecular weight is 246 g/mol. The first-order valence-electron chi connectivity index (χ1n) is 5.29. The lowest BCUT2D eigenvalue weighted by Crippen LogP contribution is -2.00. The van der Waals surface area contributed by atoms with Crippen molar-refractivity contribution >= 4 is 17.5 Å². The maximum absolute atomic E-state index is 12.9. The lowest BCUT2D eigenvalue weighted by molar-refractivity contribution is 0.0697. The predicted molar refractivity (Wildman–Crippen MR) is 65.6 cm³/mol. The minimum atomic E-state index is -1.02. The molecule has 0 atom stereocenters. The van der Waals surface area contributed by atoms with Crippen LogP contribution in [0.2, 0.25) is 0 Å². The molecule has 0 aliphatic carbocycles. The summed E-state index contributed by atoms with van der Waals surface area (Å²) in [7, 11) is 0. The van der Waals surface area contributed by atoms with Crippen LogP contribution in [0.25, 0.3) is 0 Å². The number of hydrogen-bond donors (Lipinski definition) is 2. The van der Waals surface area contributed by atoms with Crippen LogP contribution in [0.3, 0.4) is 0 Å². The van der Waals surface area contributed by atoms with E-state index in [4.69, 9.17) is 5.11 Å². The molecule has 4 nitrogen and oxygen atoms in total. The monoisotopic (exact) mass is 246 g/mol. The van der Waals surface area contributed by atoms with Gasteiger partial charge in [-0.1, -0.05) is 0 Å². The first kappa shape index (κ1) is 12.0. The van der Waals surface area contributed by atoms with Gasteiger partial charge in [0.1, 0.15) is 11.6 Å². The Kier molecular flexibility index (Phi) is 3.23. The number of aryl methyl sites for hydroxylation is 1. The van der Waals surface area contributed by atoms with Gasteiger partial charge in [-0.05, 0) is 42.8 Å². The number of carboxylic acids is 1. The second kappa shape index (κ2) is 4.83. The zero-order valence-electron chi connectivity index (χ0n) is 9.64. The molecular weight excluding hydrogens is 235 g/mol. The van der Waals surface area contributed by atoms with Crippen LogP contribution in [0.1, 0.15) is 15.9 Å². The molecule has 0 unspecified atom stereocenters. The topological polar surface area (TPSA) is 62.2 Å². The molecule has 1 aromatic heterocycles. The highest BCUT2D eigenvalue weighted by molar-refractivity contribution is 5.88. The fourth-order valence-corrected chi connectivity index (χ4v) is 1.54. The molecule has 0 fully saturated rings. The van der Waals surface area contributed by atoms with Crippen molar-refractivity contribution in [2.75, 3.05) is 5.32 Å². The van der Waals surface area contributed by atoms with Crippen molar-refractivity contribution in [3.05, 3.63) is 53.5 Å². The third-order valence-electron chi connectivity index (χ3n) is 2.46. The number of rotatable bonds is 3. The highest BCUT2D eigenvalue weighted by Gasteiger charge is 2.05. The number of aromatic carboxylic acids is 1. The number of carbonyl (C=O) groups is 1. The van der Waals surface area contributed by atoms with Crippen LogP contribution in [-0.2, 0) is 0 Å². The van der Waals surface area contributed by atoms with Gasteiger partial charge in [-0.25, -0.2) is 14.2 Å². The second-order valence-electron chi connectivity index (χ2n) is 3.82. The number of benzene rings is 1. The molecule has 2 rings (SSSR count). The lowest BCUT2D eigenvalue weighted by atomic mass is 10.2. The Labute approximate surface area is 103 Å². The van der Waals surface area contributed by atoms with Crippen LogP contribution in [0.4, 0.5) is 15.9 Å². The van der Waals surface area contributed by atoms with Crippen molar-refractivity contribution in [1.82, 2.24) is 4.98 Å². The number of pyridine rings is 1. The Morgan fingerprint density at radius 1 is 1.33 bits per heavy atom. The minimum absolute atomic E-state index is 0.146. The normalized spacial score (nSPS) is 10.1. The van der Waals surface area contributed by atoms with E-state index in [-0.39, 0.29) is 11.4 Å². The van der Waals surface area contributed by atoms with E-state index in [0.717, 1.165) is 5.56 Å². The van der Waals surface area contributed by atoms with E-state index in [2.05, 4.69) is 10.3 Å². The van der Waals surface area contributed by atoms with Gasteiger partial charge in [0.15, 0.2) is 0 Å². The lowest BCUT2D eigenvalue weighted by Gasteiger charge is -2.09. The van der Waals surface area contributed by atoms with Crippen molar-refractivity contribution in [1.29, 1.82) is 0 Å². The van der Waals surface area contributed by atoms with Crippen LogP contribution in [-0.4, -0.2) is 16.1 Å². The van der Waals surface area contributed by atoms with Gasteiger partial charge >= 0.3 is 5.97 Å². The van der Waals surface area contributed by atoms with E-state index in [9.17, 15) is 9.18 Å². The zero-order chi connectivity index (χ0) is 13.1. The smallest absolute Gasteiger partial charge is 0.335 e. The summed E-state index contributed by atoms with van der Waals surface area (Å²) in [5, 5.41) is 11.8. The summed E-state index contributed by atoms with van der Waals surface area (Å²) in [6, 6.07) is 7.13. The summed E-state index contributed by atoms with van der Waals surface area (Å²) in [5.41, 5.74) is 1.55. The number of anilines is 2. The van der Waals surface area contributed by atoms with Crippen LogP contribution in [0.5, 0.6) is 0 Å². The maximum atomic E-state index is 12.9. The highest BCUT2D eigenvalue weighted by atomic mass is 19.1. The summed E-state index contributed by atoms with van der Waals surface area (Å²) >= 11 is 0. The molecule has 1 heterocycles. The van der Waals surface area contributed by atoms with Gasteiger partial charge in [-0.2, -0.15) is 0 Å². The Morgan fingerprint density at radius 3 is 2.78 bits per heavy atom. The zero-order valence-corrected chi connectivity index (χ0v) is 9.64. The van der Waals surface area contributed by atoms with Crippen molar-refractivity contribution in [3.8, 4) is 0 Å². The molecule has 0 spiro atoms. The fourth-order valence-electron chi connectivity index (χ4n) is 1.54. The van der Waals surface area contributed by atoms with Crippen molar-refractivity contribution in [2.45, 2.75) is 6.92 Å². The second-order valence-corrected chi connectivity index (χ2v) is 3.82. The number of hydrogen-bond acceptors (Lipinski definition) is 3. The van der Waals surface area contributed by atoms with Crippen LogP contribution < -0.4 is 5.32 Å². The fraction of sp³-hybridized carbons (Fsp3) is 0.0769. The molecule has 2 aromatic rings. The molecule has 92 valence electrons. The molecule has 0 aliphatic rings. The first-order chi connectivity index (χ1) is 8.56. The third-order valence-corrected chi connectivity index (χ3v) is 2.46. The summed E-state index contributed by atoms with van der Waals surface area (Å²) < 4.78 is 12.9. The van der Waals surface area contributed by atoms with E-state index in [0.29, 0.717) is 11.5 Å². The number of carboxylic acid groups (broad SMARTS) is 1. The van der Waals surface area contributed by atoms with E-state index >= 15 is 0 Å². The summed E-state index contributed by atoms with van der Waals surface area (Å²) in [4.78, 5) is 14.8. The van der Waals surface area contributed by atoms with Gasteiger partial charge in [0.25, 0.3) is 0 Å². The van der Waals surface area contributed by atoms with E-state index in [1.54, 1.807) is 13.0 Å². The van der Waals surface area contributed by atoms with Crippen molar-refractivity contribution < 1.29 is 14.3 Å².